The third kappa shape index (κ3) is 3.10. The molecule has 1 aliphatic rings. The van der Waals surface area contributed by atoms with E-state index < -0.39 is 0 Å². The lowest BCUT2D eigenvalue weighted by molar-refractivity contribution is -0.128. The van der Waals surface area contributed by atoms with Crippen LogP contribution in [0.3, 0.4) is 0 Å². The first kappa shape index (κ1) is 13.9. The van der Waals surface area contributed by atoms with Crippen LogP contribution in [0.4, 0.5) is 4.79 Å². The standard InChI is InChI=1S/C14H18N2O2S/c1-3-4-12-13(17)16(14(18)15-12)9-10-5-7-11(19-2)8-6-10/h5-8,12H,3-4,9H2,1-2H3,(H,15,18)/t12-/m1/s1. The van der Waals surface area contributed by atoms with Crippen LogP contribution in [0.2, 0.25) is 0 Å². The van der Waals surface area contributed by atoms with E-state index in [0.29, 0.717) is 13.0 Å². The second-order valence-corrected chi connectivity index (χ2v) is 5.44. The number of rotatable bonds is 5. The molecule has 0 aromatic heterocycles. The van der Waals surface area contributed by atoms with Gasteiger partial charge >= 0.3 is 6.03 Å². The molecule has 1 aromatic carbocycles. The molecule has 102 valence electrons. The summed E-state index contributed by atoms with van der Waals surface area (Å²) in [6.45, 7) is 2.35. The molecule has 0 bridgehead atoms. The molecule has 0 unspecified atom stereocenters. The van der Waals surface area contributed by atoms with E-state index in [-0.39, 0.29) is 18.0 Å². The predicted molar refractivity (Wildman–Crippen MR) is 76.0 cm³/mol. The fraction of sp³-hybridized carbons (Fsp3) is 0.429. The van der Waals surface area contributed by atoms with Gasteiger partial charge < -0.3 is 5.32 Å². The van der Waals surface area contributed by atoms with Crippen LogP contribution in [0.5, 0.6) is 0 Å². The van der Waals surface area contributed by atoms with Crippen molar-refractivity contribution in [1.82, 2.24) is 10.2 Å². The molecule has 1 aromatic rings. The van der Waals surface area contributed by atoms with Gasteiger partial charge in [0.2, 0.25) is 0 Å². The van der Waals surface area contributed by atoms with Crippen molar-refractivity contribution in [2.75, 3.05) is 6.26 Å². The van der Waals surface area contributed by atoms with Crippen LogP contribution in [-0.4, -0.2) is 29.1 Å². The summed E-state index contributed by atoms with van der Waals surface area (Å²) < 4.78 is 0. The number of nitrogens with one attached hydrogen (secondary N) is 1. The molecule has 0 radical (unpaired) electrons. The lowest BCUT2D eigenvalue weighted by Gasteiger charge is -2.13. The van der Waals surface area contributed by atoms with Gasteiger partial charge in [0, 0.05) is 4.90 Å². The van der Waals surface area contributed by atoms with Crippen LogP contribution < -0.4 is 5.32 Å². The van der Waals surface area contributed by atoms with E-state index in [4.69, 9.17) is 0 Å². The molecule has 1 atom stereocenters. The van der Waals surface area contributed by atoms with Crippen LogP contribution in [-0.2, 0) is 11.3 Å². The van der Waals surface area contributed by atoms with Crippen LogP contribution >= 0.6 is 11.8 Å². The van der Waals surface area contributed by atoms with Crippen molar-refractivity contribution >= 4 is 23.7 Å². The molecule has 1 heterocycles. The summed E-state index contributed by atoms with van der Waals surface area (Å²) in [4.78, 5) is 26.3. The molecule has 0 saturated carbocycles. The highest BCUT2D eigenvalue weighted by atomic mass is 32.2. The Morgan fingerprint density at radius 3 is 2.53 bits per heavy atom. The van der Waals surface area contributed by atoms with Gasteiger partial charge in [-0.1, -0.05) is 25.5 Å². The van der Waals surface area contributed by atoms with Gasteiger partial charge in [0.1, 0.15) is 6.04 Å². The predicted octanol–water partition coefficient (Wildman–Crippen LogP) is 2.63. The number of benzene rings is 1. The molecule has 5 heteroatoms. The quantitative estimate of drug-likeness (QED) is 0.665. The van der Waals surface area contributed by atoms with Crippen LogP contribution in [0, 0.1) is 0 Å². The molecule has 0 aliphatic carbocycles. The Morgan fingerprint density at radius 2 is 1.95 bits per heavy atom. The second kappa shape index (κ2) is 6.10. The second-order valence-electron chi connectivity index (χ2n) is 4.56. The maximum atomic E-state index is 12.1. The minimum atomic E-state index is -0.344. The lowest BCUT2D eigenvalue weighted by Crippen LogP contribution is -2.30. The average molecular weight is 278 g/mol. The van der Waals surface area contributed by atoms with Crippen molar-refractivity contribution in [3.05, 3.63) is 29.8 Å². The minimum absolute atomic E-state index is 0.110. The summed E-state index contributed by atoms with van der Waals surface area (Å²) in [6, 6.07) is 7.30. The number of hydrogen-bond donors (Lipinski definition) is 1. The highest BCUT2D eigenvalue weighted by molar-refractivity contribution is 7.98. The maximum Gasteiger partial charge on any atom is 0.325 e. The Labute approximate surface area is 117 Å². The Bertz CT molecular complexity index is 473. The molecule has 4 nitrogen and oxygen atoms in total. The largest absolute Gasteiger partial charge is 0.326 e. The number of nitrogens with zero attached hydrogens (tertiary/aromatic N) is 1. The van der Waals surface area contributed by atoms with Crippen LogP contribution in [0.1, 0.15) is 25.3 Å². The fourth-order valence-electron chi connectivity index (χ4n) is 2.12. The SMILES string of the molecule is CCC[C@H]1NC(=O)N(Cc2ccc(SC)cc2)C1=O. The van der Waals surface area contributed by atoms with Gasteiger partial charge in [0.15, 0.2) is 0 Å². The third-order valence-electron chi connectivity index (χ3n) is 3.18. The van der Waals surface area contributed by atoms with Crippen LogP contribution in [0.25, 0.3) is 0 Å². The Morgan fingerprint density at radius 1 is 1.26 bits per heavy atom. The first-order valence-corrected chi connectivity index (χ1v) is 7.63. The van der Waals surface area contributed by atoms with E-state index >= 15 is 0 Å². The molecule has 1 aliphatic heterocycles. The number of urea groups is 1. The summed E-state index contributed by atoms with van der Waals surface area (Å²) in [6.07, 6.45) is 3.60. The molecule has 1 fully saturated rings. The molecule has 1 N–H and O–H groups in total. The van der Waals surface area contributed by atoms with Crippen molar-refractivity contribution in [1.29, 1.82) is 0 Å². The number of imide groups is 1. The highest BCUT2D eigenvalue weighted by Crippen LogP contribution is 2.18. The zero-order valence-electron chi connectivity index (χ0n) is 11.2. The van der Waals surface area contributed by atoms with Gasteiger partial charge in [-0.05, 0) is 30.4 Å². The number of amides is 3. The molecule has 1 saturated heterocycles. The van der Waals surface area contributed by atoms with Crippen molar-refractivity contribution in [3.63, 3.8) is 0 Å². The van der Waals surface area contributed by atoms with Gasteiger partial charge in [-0.2, -0.15) is 0 Å². The van der Waals surface area contributed by atoms with Crippen LogP contribution in [0.15, 0.2) is 29.2 Å². The Balaban J connectivity index is 2.05. The van der Waals surface area contributed by atoms with E-state index in [1.807, 2.05) is 37.4 Å². The van der Waals surface area contributed by atoms with Gasteiger partial charge in [0.25, 0.3) is 5.91 Å². The van der Waals surface area contributed by atoms with Crippen molar-refractivity contribution < 1.29 is 9.59 Å². The first-order valence-electron chi connectivity index (χ1n) is 6.40. The summed E-state index contributed by atoms with van der Waals surface area (Å²) in [7, 11) is 0. The highest BCUT2D eigenvalue weighted by Gasteiger charge is 2.36. The van der Waals surface area contributed by atoms with Gasteiger partial charge in [-0.3, -0.25) is 9.69 Å². The van der Waals surface area contributed by atoms with E-state index in [9.17, 15) is 9.59 Å². The number of carbonyl (C=O) groups is 2. The monoisotopic (exact) mass is 278 g/mol. The van der Waals surface area contributed by atoms with Gasteiger partial charge in [-0.15, -0.1) is 11.8 Å². The molecular formula is C14H18N2O2S. The summed E-state index contributed by atoms with van der Waals surface area (Å²) in [5.41, 5.74) is 0.971. The van der Waals surface area contributed by atoms with Crippen molar-refractivity contribution in [2.45, 2.75) is 37.2 Å². The van der Waals surface area contributed by atoms with Gasteiger partial charge in [-0.25, -0.2) is 4.79 Å². The molecule has 2 rings (SSSR count). The summed E-state index contributed by atoms with van der Waals surface area (Å²) in [5, 5.41) is 2.73. The molecular weight excluding hydrogens is 260 g/mol. The van der Waals surface area contributed by atoms with Crippen molar-refractivity contribution in [3.8, 4) is 0 Å². The van der Waals surface area contributed by atoms with Crippen molar-refractivity contribution in [2.24, 2.45) is 0 Å². The van der Waals surface area contributed by atoms with E-state index in [0.717, 1.165) is 12.0 Å². The Hall–Kier alpha value is -1.49. The van der Waals surface area contributed by atoms with Gasteiger partial charge in [0.05, 0.1) is 6.54 Å². The molecule has 0 spiro atoms. The zero-order valence-corrected chi connectivity index (χ0v) is 12.0. The third-order valence-corrected chi connectivity index (χ3v) is 3.93. The summed E-state index contributed by atoms with van der Waals surface area (Å²) >= 11 is 1.67. The Kier molecular flexibility index (Phi) is 4.47. The number of hydrogen-bond acceptors (Lipinski definition) is 3. The fourth-order valence-corrected chi connectivity index (χ4v) is 2.53. The number of thioether (sulfide) groups is 1. The molecule has 19 heavy (non-hydrogen) atoms. The summed E-state index contributed by atoms with van der Waals surface area (Å²) in [5.74, 6) is -0.110. The molecule has 3 amide bonds. The van der Waals surface area contributed by atoms with E-state index in [1.54, 1.807) is 11.8 Å². The topological polar surface area (TPSA) is 49.4 Å². The maximum absolute atomic E-state index is 12.1. The zero-order chi connectivity index (χ0) is 13.8. The normalized spacial score (nSPS) is 18.8. The smallest absolute Gasteiger partial charge is 0.325 e. The number of carbonyl (C=O) groups excluding carboxylic acids is 2. The van der Waals surface area contributed by atoms with E-state index in [2.05, 4.69) is 5.32 Å². The average Bonchev–Trinajstić information content (AvgIpc) is 2.68. The first-order chi connectivity index (χ1) is 9.15. The minimum Gasteiger partial charge on any atom is -0.326 e. The van der Waals surface area contributed by atoms with E-state index in [1.165, 1.54) is 9.80 Å². The lowest BCUT2D eigenvalue weighted by atomic mass is 10.1.